The van der Waals surface area contributed by atoms with Crippen molar-refractivity contribution in [3.63, 3.8) is 0 Å². The minimum atomic E-state index is -0.477. The first-order valence-corrected chi connectivity index (χ1v) is 7.09. The summed E-state index contributed by atoms with van der Waals surface area (Å²) >= 11 is 0. The second kappa shape index (κ2) is 7.82. The summed E-state index contributed by atoms with van der Waals surface area (Å²) in [6.45, 7) is 8.19. The fourth-order valence-corrected chi connectivity index (χ4v) is 1.98. The van der Waals surface area contributed by atoms with Crippen molar-refractivity contribution in [3.05, 3.63) is 11.3 Å². The van der Waals surface area contributed by atoms with E-state index in [4.69, 9.17) is 9.47 Å². The third-order valence-corrected chi connectivity index (χ3v) is 3.11. The molecule has 0 radical (unpaired) electrons. The molecule has 0 aliphatic carbocycles. The van der Waals surface area contributed by atoms with Gasteiger partial charge in [0.1, 0.15) is 0 Å². The van der Waals surface area contributed by atoms with Crippen molar-refractivity contribution in [2.45, 2.75) is 47.0 Å². The van der Waals surface area contributed by atoms with E-state index >= 15 is 0 Å². The molecule has 0 aromatic carbocycles. The molecule has 5 nitrogen and oxygen atoms in total. The Morgan fingerprint density at radius 3 is 2.35 bits per heavy atom. The maximum atomic E-state index is 12.0. The van der Waals surface area contributed by atoms with Crippen LogP contribution in [0.4, 0.5) is 0 Å². The lowest BCUT2D eigenvalue weighted by molar-refractivity contribution is -0.146. The number of carbonyl (C=O) groups excluding carboxylic acids is 2. The van der Waals surface area contributed by atoms with Gasteiger partial charge in [-0.05, 0) is 33.1 Å². The Morgan fingerprint density at radius 1 is 1.15 bits per heavy atom. The first-order valence-electron chi connectivity index (χ1n) is 7.09. The van der Waals surface area contributed by atoms with Crippen molar-refractivity contribution in [1.29, 1.82) is 0 Å². The van der Waals surface area contributed by atoms with Crippen molar-refractivity contribution in [2.75, 3.05) is 13.2 Å². The van der Waals surface area contributed by atoms with E-state index in [2.05, 4.69) is 4.99 Å². The molecule has 5 heteroatoms. The predicted molar refractivity (Wildman–Crippen MR) is 76.4 cm³/mol. The van der Waals surface area contributed by atoms with Crippen molar-refractivity contribution >= 4 is 17.7 Å². The van der Waals surface area contributed by atoms with E-state index in [1.807, 2.05) is 13.8 Å². The third kappa shape index (κ3) is 4.18. The minimum absolute atomic E-state index is 0.312. The van der Waals surface area contributed by atoms with E-state index in [1.165, 1.54) is 0 Å². The summed E-state index contributed by atoms with van der Waals surface area (Å²) in [4.78, 5) is 28.2. The lowest BCUT2D eigenvalue weighted by Crippen LogP contribution is -2.30. The van der Waals surface area contributed by atoms with Crippen LogP contribution in [0.5, 0.6) is 0 Å². The SMILES string of the molecule is CCCOC(=O)C1=C(C)N=C(C)C(C(=O)OCCC)C1. The molecule has 0 aromatic heterocycles. The summed E-state index contributed by atoms with van der Waals surface area (Å²) in [7, 11) is 0. The standard InChI is InChI=1S/C15H23NO4/c1-5-7-19-14(17)12-9-13(11(4)16-10(12)3)15(18)20-8-6-2/h12H,5-9H2,1-4H3. The average Bonchev–Trinajstić information content (AvgIpc) is 2.42. The largest absolute Gasteiger partial charge is 0.465 e. The van der Waals surface area contributed by atoms with Crippen LogP contribution in [0.15, 0.2) is 16.3 Å². The van der Waals surface area contributed by atoms with Crippen molar-refractivity contribution in [3.8, 4) is 0 Å². The second-order valence-corrected chi connectivity index (χ2v) is 4.88. The maximum Gasteiger partial charge on any atom is 0.335 e. The molecule has 0 N–H and O–H groups in total. The quantitative estimate of drug-likeness (QED) is 0.702. The number of allylic oxidation sites excluding steroid dienone is 1. The predicted octanol–water partition coefficient (Wildman–Crippen LogP) is 2.65. The fraction of sp³-hybridized carbons (Fsp3) is 0.667. The van der Waals surface area contributed by atoms with Crippen LogP contribution in [0.1, 0.15) is 47.0 Å². The van der Waals surface area contributed by atoms with Gasteiger partial charge in [0.25, 0.3) is 0 Å². The van der Waals surface area contributed by atoms with E-state index in [0.717, 1.165) is 12.8 Å². The molecule has 0 bridgehead atoms. The molecule has 20 heavy (non-hydrogen) atoms. The zero-order valence-corrected chi connectivity index (χ0v) is 12.7. The Kier molecular flexibility index (Phi) is 6.42. The molecular formula is C15H23NO4. The molecule has 1 aliphatic rings. The topological polar surface area (TPSA) is 65.0 Å². The highest BCUT2D eigenvalue weighted by Crippen LogP contribution is 2.26. The molecule has 0 saturated heterocycles. The van der Waals surface area contributed by atoms with E-state index in [-0.39, 0.29) is 11.9 Å². The van der Waals surface area contributed by atoms with Crippen LogP contribution in [0.25, 0.3) is 0 Å². The molecule has 1 heterocycles. The normalized spacial score (nSPS) is 18.6. The zero-order valence-electron chi connectivity index (χ0n) is 12.7. The molecule has 1 rings (SSSR count). The van der Waals surface area contributed by atoms with Gasteiger partial charge in [-0.1, -0.05) is 13.8 Å². The highest BCUT2D eigenvalue weighted by Gasteiger charge is 2.31. The van der Waals surface area contributed by atoms with Gasteiger partial charge in [-0.3, -0.25) is 9.79 Å². The Balaban J connectivity index is 2.80. The average molecular weight is 281 g/mol. The summed E-state index contributed by atoms with van der Waals surface area (Å²) in [6.07, 6.45) is 1.85. The molecule has 0 amide bonds. The third-order valence-electron chi connectivity index (χ3n) is 3.11. The number of aliphatic imine (C=N–C) groups is 1. The number of nitrogens with zero attached hydrogens (tertiary/aromatic N) is 1. The van der Waals surface area contributed by atoms with Crippen LogP contribution in [-0.4, -0.2) is 30.9 Å². The number of carbonyl (C=O) groups is 2. The summed E-state index contributed by atoms with van der Waals surface area (Å²) in [5.41, 5.74) is 1.79. The van der Waals surface area contributed by atoms with Crippen LogP contribution in [0.2, 0.25) is 0 Å². The van der Waals surface area contributed by atoms with Gasteiger partial charge in [-0.25, -0.2) is 4.79 Å². The fourth-order valence-electron chi connectivity index (χ4n) is 1.98. The number of ether oxygens (including phenoxy) is 2. The lowest BCUT2D eigenvalue weighted by Gasteiger charge is -2.22. The first kappa shape index (κ1) is 16.4. The van der Waals surface area contributed by atoms with Crippen LogP contribution in [0, 0.1) is 5.92 Å². The number of rotatable bonds is 6. The zero-order chi connectivity index (χ0) is 15.1. The molecule has 1 atom stereocenters. The molecule has 1 unspecified atom stereocenters. The molecule has 112 valence electrons. The number of hydrogen-bond acceptors (Lipinski definition) is 5. The van der Waals surface area contributed by atoms with Crippen LogP contribution in [0.3, 0.4) is 0 Å². The molecule has 0 saturated carbocycles. The van der Waals surface area contributed by atoms with Gasteiger partial charge >= 0.3 is 11.9 Å². The van der Waals surface area contributed by atoms with E-state index < -0.39 is 5.92 Å². The summed E-state index contributed by atoms with van der Waals surface area (Å²) in [5.74, 6) is -1.18. The second-order valence-electron chi connectivity index (χ2n) is 4.88. The summed E-state index contributed by atoms with van der Waals surface area (Å²) in [5, 5.41) is 0. The van der Waals surface area contributed by atoms with Crippen LogP contribution >= 0.6 is 0 Å². The van der Waals surface area contributed by atoms with Gasteiger partial charge in [0.2, 0.25) is 0 Å². The molecule has 1 aliphatic heterocycles. The highest BCUT2D eigenvalue weighted by atomic mass is 16.5. The molecule has 0 fully saturated rings. The van der Waals surface area contributed by atoms with E-state index in [0.29, 0.717) is 36.6 Å². The van der Waals surface area contributed by atoms with Crippen LogP contribution in [-0.2, 0) is 19.1 Å². The van der Waals surface area contributed by atoms with Crippen LogP contribution < -0.4 is 0 Å². The highest BCUT2D eigenvalue weighted by molar-refractivity contribution is 6.04. The van der Waals surface area contributed by atoms with Crippen molar-refractivity contribution in [1.82, 2.24) is 0 Å². The van der Waals surface area contributed by atoms with Gasteiger partial charge in [0, 0.05) is 11.4 Å². The van der Waals surface area contributed by atoms with Crippen molar-refractivity contribution in [2.24, 2.45) is 10.9 Å². The lowest BCUT2D eigenvalue weighted by atomic mass is 9.91. The molecule has 0 spiro atoms. The smallest absolute Gasteiger partial charge is 0.335 e. The Labute approximate surface area is 120 Å². The molecular weight excluding hydrogens is 258 g/mol. The van der Waals surface area contributed by atoms with Gasteiger partial charge in [0.05, 0.1) is 24.7 Å². The van der Waals surface area contributed by atoms with Gasteiger partial charge in [-0.2, -0.15) is 0 Å². The summed E-state index contributed by atoms with van der Waals surface area (Å²) in [6, 6.07) is 0. The Hall–Kier alpha value is -1.65. The summed E-state index contributed by atoms with van der Waals surface area (Å²) < 4.78 is 10.3. The number of esters is 2. The van der Waals surface area contributed by atoms with Gasteiger partial charge in [-0.15, -0.1) is 0 Å². The van der Waals surface area contributed by atoms with Gasteiger partial charge < -0.3 is 9.47 Å². The number of hydrogen-bond donors (Lipinski definition) is 0. The van der Waals surface area contributed by atoms with Crippen molar-refractivity contribution < 1.29 is 19.1 Å². The van der Waals surface area contributed by atoms with E-state index in [9.17, 15) is 9.59 Å². The minimum Gasteiger partial charge on any atom is -0.465 e. The molecule has 0 aromatic rings. The monoisotopic (exact) mass is 281 g/mol. The van der Waals surface area contributed by atoms with E-state index in [1.54, 1.807) is 13.8 Å². The van der Waals surface area contributed by atoms with Gasteiger partial charge in [0.15, 0.2) is 0 Å². The first-order chi connectivity index (χ1) is 9.51. The Morgan fingerprint density at radius 2 is 1.75 bits per heavy atom. The Bertz CT molecular complexity index is 437. The maximum absolute atomic E-state index is 12.0.